The lowest BCUT2D eigenvalue weighted by molar-refractivity contribution is 0.545. The van der Waals surface area contributed by atoms with E-state index in [-0.39, 0.29) is 23.0 Å². The van der Waals surface area contributed by atoms with Gasteiger partial charge in [-0.25, -0.2) is 8.78 Å². The minimum atomic E-state index is -0.821. The molecule has 0 fully saturated rings. The Morgan fingerprint density at radius 3 is 2.53 bits per heavy atom. The molecule has 2 N–H and O–H groups in total. The predicted octanol–water partition coefficient (Wildman–Crippen LogP) is 4.15. The summed E-state index contributed by atoms with van der Waals surface area (Å²) in [5, 5.41) is 1.68. The zero-order valence-corrected chi connectivity index (χ0v) is 10.9. The van der Waals surface area contributed by atoms with E-state index >= 15 is 0 Å². The third-order valence-electron chi connectivity index (χ3n) is 2.24. The van der Waals surface area contributed by atoms with E-state index in [1.165, 1.54) is 17.4 Å². The predicted molar refractivity (Wildman–Crippen MR) is 69.0 cm³/mol. The first-order valence-corrected chi connectivity index (χ1v) is 5.79. The molecule has 0 amide bonds. The van der Waals surface area contributed by atoms with Crippen LogP contribution in [0.2, 0.25) is 5.02 Å². The topological polar surface area (TPSA) is 26.0 Å². The van der Waals surface area contributed by atoms with E-state index in [4.69, 9.17) is 17.3 Å². The molecule has 17 heavy (non-hydrogen) atoms. The van der Waals surface area contributed by atoms with Crippen LogP contribution in [0.3, 0.4) is 0 Å². The highest BCUT2D eigenvalue weighted by molar-refractivity contribution is 7.10. The van der Waals surface area contributed by atoms with E-state index in [1.54, 1.807) is 17.5 Å². The van der Waals surface area contributed by atoms with Gasteiger partial charge < -0.3 is 5.73 Å². The smallest absolute Gasteiger partial charge is 0.149 e. The number of rotatable bonds is 2. The summed E-state index contributed by atoms with van der Waals surface area (Å²) < 4.78 is 27.2. The van der Waals surface area contributed by atoms with E-state index in [1.807, 2.05) is 0 Å². The van der Waals surface area contributed by atoms with E-state index in [2.05, 4.69) is 0 Å². The molecule has 0 aliphatic carbocycles. The Kier molecular flexibility index (Phi) is 4.89. The molecule has 0 radical (unpaired) electrons. The zero-order chi connectivity index (χ0) is 11.7. The van der Waals surface area contributed by atoms with Crippen molar-refractivity contribution in [2.75, 3.05) is 0 Å². The molecular formula is C11H9Cl2F2NS. The molecule has 0 saturated heterocycles. The number of hydrogen-bond donors (Lipinski definition) is 1. The van der Waals surface area contributed by atoms with Gasteiger partial charge in [0.1, 0.15) is 11.6 Å². The fourth-order valence-electron chi connectivity index (χ4n) is 1.44. The van der Waals surface area contributed by atoms with Gasteiger partial charge in [-0.15, -0.1) is 23.7 Å². The van der Waals surface area contributed by atoms with Crippen molar-refractivity contribution in [1.82, 2.24) is 0 Å². The largest absolute Gasteiger partial charge is 0.319 e. The van der Waals surface area contributed by atoms with Gasteiger partial charge in [0.05, 0.1) is 11.1 Å². The van der Waals surface area contributed by atoms with Crippen LogP contribution in [0.1, 0.15) is 16.5 Å². The van der Waals surface area contributed by atoms with Gasteiger partial charge in [-0.3, -0.25) is 0 Å². The van der Waals surface area contributed by atoms with Crippen molar-refractivity contribution in [1.29, 1.82) is 0 Å². The van der Waals surface area contributed by atoms with Gasteiger partial charge in [0.2, 0.25) is 0 Å². The molecule has 1 nitrogen and oxygen atoms in total. The highest BCUT2D eigenvalue weighted by atomic mass is 35.5. The molecule has 1 aromatic heterocycles. The van der Waals surface area contributed by atoms with Crippen LogP contribution in [-0.4, -0.2) is 0 Å². The fourth-order valence-corrected chi connectivity index (χ4v) is 2.34. The molecule has 2 aromatic rings. The number of halogens is 4. The van der Waals surface area contributed by atoms with E-state index in [0.717, 1.165) is 6.07 Å². The van der Waals surface area contributed by atoms with Gasteiger partial charge in [0, 0.05) is 10.4 Å². The Balaban J connectivity index is 0.00000144. The Labute approximate surface area is 113 Å². The first-order valence-electron chi connectivity index (χ1n) is 4.53. The maximum Gasteiger partial charge on any atom is 0.149 e. The lowest BCUT2D eigenvalue weighted by Crippen LogP contribution is -2.14. The summed E-state index contributed by atoms with van der Waals surface area (Å²) in [4.78, 5) is 0.695. The van der Waals surface area contributed by atoms with Crippen LogP contribution in [0.25, 0.3) is 0 Å². The minimum Gasteiger partial charge on any atom is -0.319 e. The van der Waals surface area contributed by atoms with Crippen LogP contribution < -0.4 is 5.73 Å². The van der Waals surface area contributed by atoms with E-state index < -0.39 is 17.7 Å². The molecule has 0 aliphatic heterocycles. The molecule has 0 unspecified atom stereocenters. The highest BCUT2D eigenvalue weighted by Crippen LogP contribution is 2.30. The minimum absolute atomic E-state index is 0. The Hall–Kier alpha value is -0.680. The fraction of sp³-hybridized carbons (Fsp3) is 0.0909. The molecule has 0 bridgehead atoms. The molecule has 1 aromatic carbocycles. The van der Waals surface area contributed by atoms with Crippen molar-refractivity contribution >= 4 is 35.3 Å². The molecule has 0 spiro atoms. The summed E-state index contributed by atoms with van der Waals surface area (Å²) in [5.74, 6) is -1.47. The standard InChI is InChI=1S/C11H8ClF2NS.ClH/c12-6-3-4-7(13)9(10(6)14)11(15)8-2-1-5-16-8;/h1-5,11H,15H2;1H/t11-;/m0./s1. The van der Waals surface area contributed by atoms with Gasteiger partial charge in [-0.1, -0.05) is 17.7 Å². The third-order valence-corrected chi connectivity index (χ3v) is 3.49. The molecule has 6 heteroatoms. The normalized spacial score (nSPS) is 12.0. The van der Waals surface area contributed by atoms with Crippen LogP contribution in [0.15, 0.2) is 29.6 Å². The zero-order valence-electron chi connectivity index (χ0n) is 8.49. The quantitative estimate of drug-likeness (QED) is 0.828. The van der Waals surface area contributed by atoms with Crippen LogP contribution >= 0.6 is 35.3 Å². The highest BCUT2D eigenvalue weighted by Gasteiger charge is 2.21. The second kappa shape index (κ2) is 5.78. The van der Waals surface area contributed by atoms with Gasteiger partial charge in [-0.05, 0) is 23.6 Å². The van der Waals surface area contributed by atoms with Crippen molar-refractivity contribution < 1.29 is 8.78 Å². The summed E-state index contributed by atoms with van der Waals surface area (Å²) in [5.41, 5.74) is 5.62. The van der Waals surface area contributed by atoms with Crippen LogP contribution in [0.5, 0.6) is 0 Å². The van der Waals surface area contributed by atoms with Gasteiger partial charge in [0.15, 0.2) is 0 Å². The SMILES string of the molecule is Cl.N[C@@H](c1cccs1)c1c(F)ccc(Cl)c1F. The Morgan fingerprint density at radius 2 is 1.94 bits per heavy atom. The van der Waals surface area contributed by atoms with Crippen LogP contribution in [0, 0.1) is 11.6 Å². The van der Waals surface area contributed by atoms with Crippen molar-refractivity contribution in [2.24, 2.45) is 5.73 Å². The molecule has 1 heterocycles. The van der Waals surface area contributed by atoms with Crippen molar-refractivity contribution in [3.63, 3.8) is 0 Å². The molecule has 2 rings (SSSR count). The van der Waals surface area contributed by atoms with Gasteiger partial charge in [-0.2, -0.15) is 0 Å². The maximum atomic E-state index is 13.7. The Bertz CT molecular complexity index is 502. The Morgan fingerprint density at radius 1 is 1.24 bits per heavy atom. The first-order chi connectivity index (χ1) is 7.61. The summed E-state index contributed by atoms with van der Waals surface area (Å²) in [7, 11) is 0. The average molecular weight is 296 g/mol. The van der Waals surface area contributed by atoms with Crippen molar-refractivity contribution in [3.05, 3.63) is 56.7 Å². The maximum absolute atomic E-state index is 13.7. The molecule has 92 valence electrons. The van der Waals surface area contributed by atoms with E-state index in [0.29, 0.717) is 4.88 Å². The number of nitrogens with two attached hydrogens (primary N) is 1. The monoisotopic (exact) mass is 295 g/mol. The van der Waals surface area contributed by atoms with Crippen molar-refractivity contribution in [2.45, 2.75) is 6.04 Å². The summed E-state index contributed by atoms with van der Waals surface area (Å²) in [6.07, 6.45) is 0. The average Bonchev–Trinajstić information content (AvgIpc) is 2.77. The lowest BCUT2D eigenvalue weighted by atomic mass is 10.0. The molecular weight excluding hydrogens is 287 g/mol. The number of benzene rings is 1. The van der Waals surface area contributed by atoms with Crippen LogP contribution in [-0.2, 0) is 0 Å². The molecule has 0 aliphatic rings. The van der Waals surface area contributed by atoms with Crippen molar-refractivity contribution in [3.8, 4) is 0 Å². The summed E-state index contributed by atoms with van der Waals surface area (Å²) >= 11 is 6.95. The lowest BCUT2D eigenvalue weighted by Gasteiger charge is -2.12. The third kappa shape index (κ3) is 2.77. The summed E-state index contributed by atoms with van der Waals surface area (Å²) in [6.45, 7) is 0. The molecule has 0 saturated carbocycles. The van der Waals surface area contributed by atoms with Gasteiger partial charge >= 0.3 is 0 Å². The second-order valence-corrected chi connectivity index (χ2v) is 4.64. The molecule has 1 atom stereocenters. The second-order valence-electron chi connectivity index (χ2n) is 3.25. The number of hydrogen-bond acceptors (Lipinski definition) is 2. The first kappa shape index (κ1) is 14.4. The van der Waals surface area contributed by atoms with E-state index in [9.17, 15) is 8.78 Å². The number of thiophene rings is 1. The summed E-state index contributed by atoms with van der Waals surface area (Å²) in [6, 6.07) is 4.99. The van der Waals surface area contributed by atoms with Gasteiger partial charge in [0.25, 0.3) is 0 Å². The van der Waals surface area contributed by atoms with Crippen LogP contribution in [0.4, 0.5) is 8.78 Å².